The third kappa shape index (κ3) is 4.22. The molecule has 0 unspecified atom stereocenters. The van der Waals surface area contributed by atoms with Gasteiger partial charge in [-0.1, -0.05) is 54.6 Å². The van der Waals surface area contributed by atoms with Gasteiger partial charge < -0.3 is 0 Å². The number of hydrogen-bond acceptors (Lipinski definition) is 5. The second-order valence-corrected chi connectivity index (χ2v) is 5.45. The van der Waals surface area contributed by atoms with Crippen LogP contribution in [0.25, 0.3) is 11.3 Å². The normalized spacial score (nSPS) is 10.9. The molecule has 1 heterocycles. The minimum absolute atomic E-state index is 0.0540. The van der Waals surface area contributed by atoms with E-state index in [1.165, 1.54) is 30.5 Å². The van der Waals surface area contributed by atoms with E-state index in [-0.39, 0.29) is 22.8 Å². The van der Waals surface area contributed by atoms with Gasteiger partial charge in [0.25, 0.3) is 12.0 Å². The molecule has 0 aliphatic heterocycles. The number of nitrogens with one attached hydrogen (secondary N) is 2. The molecule has 0 aliphatic rings. The Morgan fingerprint density at radius 1 is 1.15 bits per heavy atom. The van der Waals surface area contributed by atoms with E-state index in [1.807, 2.05) is 12.1 Å². The van der Waals surface area contributed by atoms with Crippen molar-refractivity contribution in [3.8, 4) is 17.3 Å². The van der Waals surface area contributed by atoms with Crippen LogP contribution >= 0.6 is 0 Å². The fraction of sp³-hybridized carbons (Fsp3) is 0.0526. The topological polar surface area (TPSA) is 93.9 Å². The molecule has 134 valence electrons. The number of alkyl halides is 2. The zero-order valence-electron chi connectivity index (χ0n) is 13.9. The number of aromatic nitrogens is 2. The second kappa shape index (κ2) is 8.01. The van der Waals surface area contributed by atoms with Crippen molar-refractivity contribution in [1.82, 2.24) is 9.97 Å². The molecule has 0 bridgehead atoms. The largest absolute Gasteiger partial charge is 0.290 e. The first-order valence-corrected chi connectivity index (χ1v) is 7.85. The van der Waals surface area contributed by atoms with Crippen LogP contribution in [0.15, 0.2) is 64.5 Å². The van der Waals surface area contributed by atoms with E-state index in [9.17, 15) is 18.8 Å². The highest BCUT2D eigenvalue weighted by molar-refractivity contribution is 5.80. The maximum atomic E-state index is 12.5. The van der Waals surface area contributed by atoms with E-state index in [4.69, 9.17) is 0 Å². The lowest BCUT2D eigenvalue weighted by Gasteiger charge is -2.06. The summed E-state index contributed by atoms with van der Waals surface area (Å²) in [6.07, 6.45) is -1.13. The SMILES string of the molecule is N#Cc1c(-c2ccccc2)nc(NN=Cc2ccc(C(F)F)cc2)[nH]c1=O. The van der Waals surface area contributed by atoms with Crippen LogP contribution in [0, 0.1) is 11.3 Å². The number of halogens is 2. The standard InChI is InChI=1S/C19H13F2N5O/c20-17(21)14-8-6-12(7-9-14)11-23-26-19-24-16(13-4-2-1-3-5-13)15(10-22)18(27)25-19/h1-9,11,17H,(H2,24,25,26,27). The van der Waals surface area contributed by atoms with Crippen molar-refractivity contribution in [2.75, 3.05) is 5.43 Å². The number of rotatable bonds is 5. The summed E-state index contributed by atoms with van der Waals surface area (Å²) in [6, 6.07) is 16.3. The minimum atomic E-state index is -2.53. The third-order valence-electron chi connectivity index (χ3n) is 3.65. The summed E-state index contributed by atoms with van der Waals surface area (Å²) in [5.74, 6) is 0.0540. The molecule has 0 aliphatic carbocycles. The van der Waals surface area contributed by atoms with Crippen molar-refractivity contribution in [1.29, 1.82) is 5.26 Å². The van der Waals surface area contributed by atoms with Crippen LogP contribution in [0.5, 0.6) is 0 Å². The van der Waals surface area contributed by atoms with Crippen molar-refractivity contribution >= 4 is 12.2 Å². The van der Waals surface area contributed by atoms with E-state index in [1.54, 1.807) is 24.3 Å². The van der Waals surface area contributed by atoms with Crippen LogP contribution in [-0.2, 0) is 0 Å². The molecule has 2 N–H and O–H groups in total. The molecule has 0 saturated carbocycles. The molecular weight excluding hydrogens is 352 g/mol. The number of hydrazone groups is 1. The Hall–Kier alpha value is -3.86. The lowest BCUT2D eigenvalue weighted by molar-refractivity contribution is 0.151. The number of anilines is 1. The maximum absolute atomic E-state index is 12.5. The van der Waals surface area contributed by atoms with Crippen molar-refractivity contribution in [3.63, 3.8) is 0 Å². The fourth-order valence-corrected chi connectivity index (χ4v) is 2.33. The van der Waals surface area contributed by atoms with E-state index < -0.39 is 12.0 Å². The first kappa shape index (κ1) is 17.9. The van der Waals surface area contributed by atoms with Crippen LogP contribution in [0.3, 0.4) is 0 Å². The molecule has 3 rings (SSSR count). The molecule has 0 spiro atoms. The van der Waals surface area contributed by atoms with Gasteiger partial charge in [0.1, 0.15) is 11.6 Å². The van der Waals surface area contributed by atoms with Gasteiger partial charge in [-0.05, 0) is 5.56 Å². The molecule has 0 atom stereocenters. The molecule has 27 heavy (non-hydrogen) atoms. The molecule has 0 saturated heterocycles. The van der Waals surface area contributed by atoms with Crippen LogP contribution < -0.4 is 11.0 Å². The smallest absolute Gasteiger partial charge is 0.270 e. The molecule has 8 heteroatoms. The number of nitriles is 1. The average molecular weight is 365 g/mol. The predicted octanol–water partition coefficient (Wildman–Crippen LogP) is 3.69. The van der Waals surface area contributed by atoms with Crippen LogP contribution in [0.2, 0.25) is 0 Å². The number of nitrogens with zero attached hydrogens (tertiary/aromatic N) is 3. The number of H-pyrrole nitrogens is 1. The highest BCUT2D eigenvalue weighted by Crippen LogP contribution is 2.20. The Morgan fingerprint density at radius 2 is 1.85 bits per heavy atom. The van der Waals surface area contributed by atoms with E-state index in [0.29, 0.717) is 11.1 Å². The van der Waals surface area contributed by atoms with Crippen molar-refractivity contribution in [3.05, 3.63) is 81.6 Å². The van der Waals surface area contributed by atoms with E-state index in [2.05, 4.69) is 20.5 Å². The molecule has 0 radical (unpaired) electrons. The summed E-state index contributed by atoms with van der Waals surface area (Å²) < 4.78 is 25.1. The molecule has 2 aromatic carbocycles. The Bertz CT molecular complexity index is 1050. The molecule has 0 amide bonds. The van der Waals surface area contributed by atoms with Crippen molar-refractivity contribution < 1.29 is 8.78 Å². The summed E-state index contributed by atoms with van der Waals surface area (Å²) in [4.78, 5) is 18.8. The monoisotopic (exact) mass is 365 g/mol. The molecular formula is C19H13F2N5O. The predicted molar refractivity (Wildman–Crippen MR) is 97.6 cm³/mol. The zero-order valence-corrected chi connectivity index (χ0v) is 13.9. The second-order valence-electron chi connectivity index (χ2n) is 5.45. The summed E-state index contributed by atoms with van der Waals surface area (Å²) in [5, 5.41) is 13.2. The average Bonchev–Trinajstić information content (AvgIpc) is 2.68. The third-order valence-corrected chi connectivity index (χ3v) is 3.65. The number of aromatic amines is 1. The molecule has 1 aromatic heterocycles. The Kier molecular flexibility index (Phi) is 5.33. The van der Waals surface area contributed by atoms with Gasteiger partial charge in [0.2, 0.25) is 5.95 Å². The number of benzene rings is 2. The van der Waals surface area contributed by atoms with E-state index >= 15 is 0 Å². The zero-order chi connectivity index (χ0) is 19.2. The quantitative estimate of drug-likeness (QED) is 0.533. The Labute approximate surface area is 152 Å². The van der Waals surface area contributed by atoms with Crippen molar-refractivity contribution in [2.45, 2.75) is 6.43 Å². The number of hydrogen-bond donors (Lipinski definition) is 2. The van der Waals surface area contributed by atoms with Gasteiger partial charge in [-0.3, -0.25) is 9.78 Å². The first-order valence-electron chi connectivity index (χ1n) is 7.85. The van der Waals surface area contributed by atoms with Gasteiger partial charge in [0.15, 0.2) is 0 Å². The lowest BCUT2D eigenvalue weighted by Crippen LogP contribution is -2.16. The van der Waals surface area contributed by atoms with Gasteiger partial charge in [0, 0.05) is 11.1 Å². The Morgan fingerprint density at radius 3 is 2.48 bits per heavy atom. The molecule has 6 nitrogen and oxygen atoms in total. The summed E-state index contributed by atoms with van der Waals surface area (Å²) in [5.41, 5.74) is 3.26. The van der Waals surface area contributed by atoms with E-state index in [0.717, 1.165) is 0 Å². The van der Waals surface area contributed by atoms with Crippen LogP contribution in [0.4, 0.5) is 14.7 Å². The summed E-state index contributed by atoms with van der Waals surface area (Å²) in [7, 11) is 0. The van der Waals surface area contributed by atoms with Gasteiger partial charge in [-0.15, -0.1) is 0 Å². The highest BCUT2D eigenvalue weighted by Gasteiger charge is 2.12. The summed E-state index contributed by atoms with van der Waals surface area (Å²) in [6.45, 7) is 0. The van der Waals surface area contributed by atoms with Gasteiger partial charge in [-0.25, -0.2) is 19.2 Å². The Balaban J connectivity index is 1.84. The molecule has 0 fully saturated rings. The van der Waals surface area contributed by atoms with Gasteiger partial charge in [0.05, 0.1) is 11.9 Å². The van der Waals surface area contributed by atoms with Gasteiger partial charge in [-0.2, -0.15) is 10.4 Å². The lowest BCUT2D eigenvalue weighted by atomic mass is 10.1. The first-order chi connectivity index (χ1) is 13.1. The van der Waals surface area contributed by atoms with Crippen molar-refractivity contribution in [2.24, 2.45) is 5.10 Å². The highest BCUT2D eigenvalue weighted by atomic mass is 19.3. The minimum Gasteiger partial charge on any atom is -0.290 e. The fourth-order valence-electron chi connectivity index (χ4n) is 2.33. The van der Waals surface area contributed by atoms with Crippen LogP contribution in [0.1, 0.15) is 23.1 Å². The maximum Gasteiger partial charge on any atom is 0.270 e. The molecule has 3 aromatic rings. The summed E-state index contributed by atoms with van der Waals surface area (Å²) >= 11 is 0. The van der Waals surface area contributed by atoms with Gasteiger partial charge >= 0.3 is 0 Å². The van der Waals surface area contributed by atoms with Crippen LogP contribution in [-0.4, -0.2) is 16.2 Å².